The van der Waals surface area contributed by atoms with E-state index in [1.165, 1.54) is 13.0 Å². The highest BCUT2D eigenvalue weighted by Gasteiger charge is 2.36. The monoisotopic (exact) mass is 344 g/mol. The molecule has 2 aromatic carbocycles. The molecule has 0 aliphatic heterocycles. The van der Waals surface area contributed by atoms with E-state index < -0.39 is 21.5 Å². The topological polar surface area (TPSA) is 89.3 Å². The van der Waals surface area contributed by atoms with Crippen LogP contribution in [0.4, 0.5) is 0 Å². The number of rotatable bonds is 6. The van der Waals surface area contributed by atoms with E-state index in [9.17, 15) is 13.2 Å². The van der Waals surface area contributed by atoms with Crippen LogP contribution in [0.1, 0.15) is 23.6 Å². The smallest absolute Gasteiger partial charge is 0.243 e. The van der Waals surface area contributed by atoms with Crippen molar-refractivity contribution in [1.29, 1.82) is 0 Å². The first-order valence-electron chi connectivity index (χ1n) is 7.37. The Hall–Kier alpha value is -2.44. The van der Waals surface area contributed by atoms with Gasteiger partial charge in [-0.3, -0.25) is 4.79 Å². The maximum absolute atomic E-state index is 12.4. The fraction of sp³-hybridized carbons (Fsp3) is 0.167. The third-order valence-corrected chi connectivity index (χ3v) is 4.89. The molecule has 3 N–H and O–H groups in total. The van der Waals surface area contributed by atoms with Gasteiger partial charge in [-0.25, -0.2) is 8.42 Å². The van der Waals surface area contributed by atoms with Crippen molar-refractivity contribution in [2.24, 2.45) is 5.73 Å². The Morgan fingerprint density at radius 3 is 2.21 bits per heavy atom. The predicted molar refractivity (Wildman–Crippen MR) is 95.3 cm³/mol. The van der Waals surface area contributed by atoms with Crippen molar-refractivity contribution in [3.63, 3.8) is 0 Å². The number of hydrogen-bond donors (Lipinski definition) is 2. The molecule has 1 atom stereocenters. The Morgan fingerprint density at radius 1 is 1.08 bits per heavy atom. The third-order valence-electron chi connectivity index (χ3n) is 3.71. The second-order valence-electron chi connectivity index (χ2n) is 5.72. The molecule has 126 valence electrons. The standard InChI is InChI=1S/C18H20N2O3S/c1-14-8-10-15(11-9-14)12-13-24(22,23)20-18(2,17(19)21)16-6-4-3-5-7-16/h3-13,20H,1-2H3,(H2,19,21)/b13-12+. The maximum Gasteiger partial charge on any atom is 0.243 e. The molecule has 5 nitrogen and oxygen atoms in total. The summed E-state index contributed by atoms with van der Waals surface area (Å²) in [6, 6.07) is 15.9. The van der Waals surface area contributed by atoms with E-state index in [1.54, 1.807) is 30.3 Å². The van der Waals surface area contributed by atoms with Gasteiger partial charge < -0.3 is 5.73 Å². The summed E-state index contributed by atoms with van der Waals surface area (Å²) < 4.78 is 27.1. The Balaban J connectivity index is 2.28. The highest BCUT2D eigenvalue weighted by Crippen LogP contribution is 2.21. The SMILES string of the molecule is Cc1ccc(/C=C/S(=O)(=O)NC(C)(C(N)=O)c2ccccc2)cc1. The van der Waals surface area contributed by atoms with Crippen LogP contribution in [0.25, 0.3) is 6.08 Å². The molecule has 6 heteroatoms. The molecule has 0 saturated heterocycles. The largest absolute Gasteiger partial charge is 0.368 e. The quantitative estimate of drug-likeness (QED) is 0.842. The van der Waals surface area contributed by atoms with Crippen molar-refractivity contribution in [2.75, 3.05) is 0 Å². The Kier molecular flexibility index (Phi) is 5.21. The zero-order valence-corrected chi connectivity index (χ0v) is 14.4. The normalized spacial score (nSPS) is 14.4. The van der Waals surface area contributed by atoms with Crippen LogP contribution in [0, 0.1) is 6.92 Å². The molecular weight excluding hydrogens is 324 g/mol. The van der Waals surface area contributed by atoms with Crippen LogP contribution in [-0.4, -0.2) is 14.3 Å². The molecule has 24 heavy (non-hydrogen) atoms. The molecular formula is C18H20N2O3S. The molecule has 0 fully saturated rings. The minimum absolute atomic E-state index is 0.477. The summed E-state index contributed by atoms with van der Waals surface area (Å²) in [7, 11) is -3.87. The average molecular weight is 344 g/mol. The van der Waals surface area contributed by atoms with Crippen molar-refractivity contribution in [3.05, 3.63) is 76.7 Å². The number of amides is 1. The van der Waals surface area contributed by atoms with Crippen LogP contribution in [0.3, 0.4) is 0 Å². The second kappa shape index (κ2) is 6.98. The lowest BCUT2D eigenvalue weighted by Gasteiger charge is -2.26. The molecule has 0 aromatic heterocycles. The molecule has 0 radical (unpaired) electrons. The number of aryl methyl sites for hydroxylation is 1. The Bertz CT molecular complexity index is 844. The molecule has 0 aliphatic carbocycles. The van der Waals surface area contributed by atoms with Crippen molar-refractivity contribution in [3.8, 4) is 0 Å². The molecule has 0 spiro atoms. The van der Waals surface area contributed by atoms with Gasteiger partial charge >= 0.3 is 0 Å². The van der Waals surface area contributed by atoms with Gasteiger partial charge in [0, 0.05) is 5.41 Å². The van der Waals surface area contributed by atoms with Crippen LogP contribution in [0.2, 0.25) is 0 Å². The zero-order valence-electron chi connectivity index (χ0n) is 13.6. The summed E-state index contributed by atoms with van der Waals surface area (Å²) >= 11 is 0. The number of carbonyl (C=O) groups excluding carboxylic acids is 1. The van der Waals surface area contributed by atoms with Gasteiger partial charge in [-0.05, 0) is 31.1 Å². The summed E-state index contributed by atoms with van der Waals surface area (Å²) in [6.07, 6.45) is 1.47. The lowest BCUT2D eigenvalue weighted by atomic mass is 9.93. The van der Waals surface area contributed by atoms with Crippen molar-refractivity contribution >= 4 is 22.0 Å². The maximum atomic E-state index is 12.4. The number of nitrogens with one attached hydrogen (secondary N) is 1. The summed E-state index contributed by atoms with van der Waals surface area (Å²) in [4.78, 5) is 11.9. The van der Waals surface area contributed by atoms with E-state index in [4.69, 9.17) is 5.73 Å². The van der Waals surface area contributed by atoms with Crippen LogP contribution < -0.4 is 10.5 Å². The van der Waals surface area contributed by atoms with Crippen molar-refractivity contribution < 1.29 is 13.2 Å². The molecule has 0 heterocycles. The summed E-state index contributed by atoms with van der Waals surface area (Å²) in [5.74, 6) is -0.777. The number of sulfonamides is 1. The minimum atomic E-state index is -3.87. The Morgan fingerprint density at radius 2 is 1.67 bits per heavy atom. The van der Waals surface area contributed by atoms with Crippen LogP contribution in [0.15, 0.2) is 60.0 Å². The lowest BCUT2D eigenvalue weighted by molar-refractivity contribution is -0.123. The fourth-order valence-electron chi connectivity index (χ4n) is 2.19. The number of benzene rings is 2. The Labute approximate surface area is 142 Å². The number of hydrogen-bond acceptors (Lipinski definition) is 3. The van der Waals surface area contributed by atoms with E-state index in [2.05, 4.69) is 4.72 Å². The van der Waals surface area contributed by atoms with Gasteiger partial charge in [-0.1, -0.05) is 60.2 Å². The van der Waals surface area contributed by atoms with Crippen LogP contribution in [-0.2, 0) is 20.4 Å². The van der Waals surface area contributed by atoms with Crippen molar-refractivity contribution in [2.45, 2.75) is 19.4 Å². The summed E-state index contributed by atoms with van der Waals surface area (Å²) in [6.45, 7) is 3.39. The predicted octanol–water partition coefficient (Wildman–Crippen LogP) is 2.29. The first-order valence-corrected chi connectivity index (χ1v) is 8.92. The van der Waals surface area contributed by atoms with Gasteiger partial charge in [0.25, 0.3) is 0 Å². The van der Waals surface area contributed by atoms with Gasteiger partial charge in [0.15, 0.2) is 0 Å². The molecule has 2 rings (SSSR count). The summed E-state index contributed by atoms with van der Waals surface area (Å²) in [5, 5.41) is 1.03. The fourth-order valence-corrected chi connectivity index (χ4v) is 3.38. The van der Waals surface area contributed by atoms with Crippen LogP contribution in [0.5, 0.6) is 0 Å². The minimum Gasteiger partial charge on any atom is -0.368 e. The molecule has 0 bridgehead atoms. The van der Waals surface area contributed by atoms with Crippen LogP contribution >= 0.6 is 0 Å². The molecule has 1 amide bonds. The van der Waals surface area contributed by atoms with Gasteiger partial charge in [0.1, 0.15) is 5.54 Å². The summed E-state index contributed by atoms with van der Waals surface area (Å²) in [5.41, 5.74) is 6.21. The second-order valence-corrected chi connectivity index (χ2v) is 7.28. The number of primary amides is 1. The van der Waals surface area contributed by atoms with E-state index in [0.29, 0.717) is 5.56 Å². The van der Waals surface area contributed by atoms with Gasteiger partial charge in [0.2, 0.25) is 15.9 Å². The first-order chi connectivity index (χ1) is 11.2. The van der Waals surface area contributed by atoms with Crippen molar-refractivity contribution in [1.82, 2.24) is 4.72 Å². The molecule has 0 saturated carbocycles. The van der Waals surface area contributed by atoms with E-state index in [0.717, 1.165) is 16.5 Å². The molecule has 1 unspecified atom stereocenters. The highest BCUT2D eigenvalue weighted by molar-refractivity contribution is 7.92. The van der Waals surface area contributed by atoms with Gasteiger partial charge in [-0.15, -0.1) is 0 Å². The first kappa shape index (κ1) is 17.9. The molecule has 2 aromatic rings. The number of carbonyl (C=O) groups is 1. The molecule has 0 aliphatic rings. The lowest BCUT2D eigenvalue weighted by Crippen LogP contribution is -2.52. The van der Waals surface area contributed by atoms with E-state index in [-0.39, 0.29) is 0 Å². The highest BCUT2D eigenvalue weighted by atomic mass is 32.2. The number of nitrogens with two attached hydrogens (primary N) is 1. The van der Waals surface area contributed by atoms with Gasteiger partial charge in [-0.2, -0.15) is 4.72 Å². The third kappa shape index (κ3) is 4.31. The van der Waals surface area contributed by atoms with Gasteiger partial charge in [0.05, 0.1) is 0 Å². The average Bonchev–Trinajstić information content (AvgIpc) is 2.54. The zero-order chi connectivity index (χ0) is 17.8. The van der Waals surface area contributed by atoms with E-state index in [1.807, 2.05) is 31.2 Å². The van der Waals surface area contributed by atoms with E-state index >= 15 is 0 Å².